The Morgan fingerprint density at radius 3 is 2.63 bits per heavy atom. The van der Waals surface area contributed by atoms with Gasteiger partial charge in [0.1, 0.15) is 16.7 Å². The van der Waals surface area contributed by atoms with E-state index in [4.69, 9.17) is 27.8 Å². The Bertz CT molecular complexity index is 1410. The van der Waals surface area contributed by atoms with E-state index in [1.807, 2.05) is 6.07 Å². The van der Waals surface area contributed by atoms with Crippen molar-refractivity contribution in [1.82, 2.24) is 9.97 Å². The molecule has 0 amide bonds. The van der Waals surface area contributed by atoms with Crippen LogP contribution in [0, 0.1) is 16.0 Å². The Morgan fingerprint density at radius 1 is 1.26 bits per heavy atom. The van der Waals surface area contributed by atoms with Gasteiger partial charge in [0.05, 0.1) is 25.8 Å². The van der Waals surface area contributed by atoms with E-state index in [2.05, 4.69) is 14.9 Å². The van der Waals surface area contributed by atoms with Crippen LogP contribution in [-0.4, -0.2) is 33.5 Å². The number of nitrogens with two attached hydrogens (primary N) is 2. The SMILES string of the molecule is CS(=N)(=O)c1cccc(Sc2ncc(N3CCC4(CC3)Cc3c(F)cccc3C4N)nc2N)c1Cl. The lowest BCUT2D eigenvalue weighted by molar-refractivity contribution is 0.186. The minimum Gasteiger partial charge on any atom is -0.381 e. The van der Waals surface area contributed by atoms with E-state index in [9.17, 15) is 8.60 Å². The number of hydrogen-bond acceptors (Lipinski definition) is 8. The third-order valence-corrected chi connectivity index (χ3v) is 9.95. The molecule has 2 aromatic carbocycles. The molecular formula is C24H26ClFN6OS2. The van der Waals surface area contributed by atoms with Gasteiger partial charge in [-0.05, 0) is 54.0 Å². The first-order valence-electron chi connectivity index (χ1n) is 11.2. The van der Waals surface area contributed by atoms with Crippen LogP contribution in [0.5, 0.6) is 0 Å². The quantitative estimate of drug-likeness (QED) is 0.437. The number of piperidine rings is 1. The Labute approximate surface area is 213 Å². The van der Waals surface area contributed by atoms with Gasteiger partial charge in [-0.1, -0.05) is 41.6 Å². The van der Waals surface area contributed by atoms with E-state index in [1.54, 1.807) is 30.5 Å². The van der Waals surface area contributed by atoms with Gasteiger partial charge in [0.2, 0.25) is 0 Å². The Hall–Kier alpha value is -2.40. The predicted octanol–water partition coefficient (Wildman–Crippen LogP) is 4.88. The van der Waals surface area contributed by atoms with E-state index in [-0.39, 0.29) is 33.0 Å². The van der Waals surface area contributed by atoms with Crippen LogP contribution in [0.25, 0.3) is 0 Å². The molecule has 1 aliphatic heterocycles. The Balaban J connectivity index is 1.31. The van der Waals surface area contributed by atoms with E-state index < -0.39 is 9.73 Å². The fourth-order valence-corrected chi connectivity index (χ4v) is 7.45. The van der Waals surface area contributed by atoms with Gasteiger partial charge in [0.15, 0.2) is 5.82 Å². The molecule has 35 heavy (non-hydrogen) atoms. The van der Waals surface area contributed by atoms with Gasteiger partial charge in [-0.25, -0.2) is 23.3 Å². The summed E-state index contributed by atoms with van der Waals surface area (Å²) in [5, 5.41) is 0.745. The molecule has 1 aromatic heterocycles. The summed E-state index contributed by atoms with van der Waals surface area (Å²) in [6.07, 6.45) is 5.33. The van der Waals surface area contributed by atoms with Crippen molar-refractivity contribution in [2.45, 2.75) is 40.1 Å². The minimum absolute atomic E-state index is 0.145. The molecule has 1 fully saturated rings. The molecular weight excluding hydrogens is 507 g/mol. The van der Waals surface area contributed by atoms with Gasteiger partial charge in [-0.3, -0.25) is 0 Å². The number of fused-ring (bicyclic) bond motifs is 1. The van der Waals surface area contributed by atoms with Gasteiger partial charge in [-0.15, -0.1) is 0 Å². The van der Waals surface area contributed by atoms with Crippen molar-refractivity contribution in [3.05, 3.63) is 64.6 Å². The molecule has 5 rings (SSSR count). The molecule has 1 spiro atoms. The van der Waals surface area contributed by atoms with Crippen molar-refractivity contribution < 1.29 is 8.60 Å². The van der Waals surface area contributed by atoms with Crippen molar-refractivity contribution in [3.8, 4) is 0 Å². The molecule has 2 aliphatic rings. The molecule has 11 heteroatoms. The number of nitrogens with zero attached hydrogens (tertiary/aromatic N) is 3. The molecule has 5 N–H and O–H groups in total. The first-order valence-corrected chi connectivity index (χ1v) is 14.4. The molecule has 3 aromatic rings. The number of rotatable bonds is 4. The van der Waals surface area contributed by atoms with Crippen LogP contribution < -0.4 is 16.4 Å². The topological polar surface area (TPSA) is 122 Å². The molecule has 1 saturated heterocycles. The van der Waals surface area contributed by atoms with Crippen LogP contribution in [-0.2, 0) is 16.1 Å². The summed E-state index contributed by atoms with van der Waals surface area (Å²) in [5.41, 5.74) is 14.4. The summed E-state index contributed by atoms with van der Waals surface area (Å²) in [6.45, 7) is 1.46. The number of benzene rings is 2. The van der Waals surface area contributed by atoms with Crippen LogP contribution in [0.3, 0.4) is 0 Å². The lowest BCUT2D eigenvalue weighted by Crippen LogP contribution is -2.44. The number of halogens is 2. The summed E-state index contributed by atoms with van der Waals surface area (Å²) in [6, 6.07) is 10.1. The lowest BCUT2D eigenvalue weighted by Gasteiger charge is -2.42. The molecule has 2 atom stereocenters. The van der Waals surface area contributed by atoms with E-state index >= 15 is 0 Å². The summed E-state index contributed by atoms with van der Waals surface area (Å²) >= 11 is 7.64. The van der Waals surface area contributed by atoms with Gasteiger partial charge < -0.3 is 16.4 Å². The van der Waals surface area contributed by atoms with E-state index in [0.29, 0.717) is 22.2 Å². The third kappa shape index (κ3) is 4.37. The fourth-order valence-electron chi connectivity index (χ4n) is 5.10. The Kier molecular flexibility index (Phi) is 6.19. The molecule has 2 unspecified atom stereocenters. The zero-order chi connectivity index (χ0) is 25.0. The smallest absolute Gasteiger partial charge is 0.158 e. The van der Waals surface area contributed by atoms with E-state index in [1.165, 1.54) is 24.1 Å². The van der Waals surface area contributed by atoms with Gasteiger partial charge in [-0.2, -0.15) is 0 Å². The van der Waals surface area contributed by atoms with Crippen LogP contribution in [0.1, 0.15) is 30.0 Å². The standard InChI is InChI=1S/C24H26ClFN6OS2/c1-35(29,33)18-7-3-6-17(20(18)25)34-23-22(28)31-19(13-30-23)32-10-8-24(9-11-32)12-15-14(21(24)27)4-2-5-16(15)26/h2-7,13,21,29H,8-12,27H2,1H3,(H2,28,31). The molecule has 0 saturated carbocycles. The van der Waals surface area contributed by atoms with Crippen LogP contribution >= 0.6 is 23.4 Å². The average molecular weight is 533 g/mol. The van der Waals surface area contributed by atoms with Gasteiger partial charge >= 0.3 is 0 Å². The molecule has 2 heterocycles. The number of nitrogens with one attached hydrogen (secondary N) is 1. The van der Waals surface area contributed by atoms with Crippen molar-refractivity contribution in [1.29, 1.82) is 4.78 Å². The second-order valence-electron chi connectivity index (χ2n) is 9.24. The summed E-state index contributed by atoms with van der Waals surface area (Å²) in [4.78, 5) is 12.1. The number of hydrogen-bond donors (Lipinski definition) is 3. The fraction of sp³-hybridized carbons (Fsp3) is 0.333. The maximum absolute atomic E-state index is 14.4. The highest BCUT2D eigenvalue weighted by molar-refractivity contribution is 7.99. The van der Waals surface area contributed by atoms with Gasteiger partial charge in [0.25, 0.3) is 0 Å². The number of nitrogen functional groups attached to an aromatic ring is 1. The highest BCUT2D eigenvalue weighted by Crippen LogP contribution is 2.51. The Morgan fingerprint density at radius 2 is 1.97 bits per heavy atom. The first-order chi connectivity index (χ1) is 16.6. The second kappa shape index (κ2) is 8.92. The normalized spacial score (nSPS) is 20.6. The number of anilines is 2. The average Bonchev–Trinajstić information content (AvgIpc) is 3.09. The van der Waals surface area contributed by atoms with Crippen molar-refractivity contribution in [2.24, 2.45) is 11.1 Å². The zero-order valence-electron chi connectivity index (χ0n) is 19.1. The monoisotopic (exact) mass is 532 g/mol. The predicted molar refractivity (Wildman–Crippen MR) is 138 cm³/mol. The first kappa shape index (κ1) is 24.3. The van der Waals surface area contributed by atoms with Crippen molar-refractivity contribution in [2.75, 3.05) is 30.0 Å². The highest BCUT2D eigenvalue weighted by atomic mass is 35.5. The van der Waals surface area contributed by atoms with E-state index in [0.717, 1.165) is 37.1 Å². The largest absolute Gasteiger partial charge is 0.381 e. The van der Waals surface area contributed by atoms with Crippen molar-refractivity contribution >= 4 is 44.7 Å². The minimum atomic E-state index is -2.96. The maximum atomic E-state index is 14.4. The molecule has 0 radical (unpaired) electrons. The maximum Gasteiger partial charge on any atom is 0.158 e. The third-order valence-electron chi connectivity index (χ3n) is 7.07. The van der Waals surface area contributed by atoms with Crippen LogP contribution in [0.2, 0.25) is 5.02 Å². The zero-order valence-corrected chi connectivity index (χ0v) is 21.5. The molecule has 1 aliphatic carbocycles. The van der Waals surface area contributed by atoms with Gasteiger partial charge in [0, 0.05) is 30.3 Å². The lowest BCUT2D eigenvalue weighted by atomic mass is 9.73. The number of aromatic nitrogens is 2. The summed E-state index contributed by atoms with van der Waals surface area (Å²) in [5.74, 6) is 0.780. The second-order valence-corrected chi connectivity index (χ2v) is 12.8. The summed E-state index contributed by atoms with van der Waals surface area (Å²) in [7, 11) is -2.96. The summed E-state index contributed by atoms with van der Waals surface area (Å²) < 4.78 is 34.4. The molecule has 7 nitrogen and oxygen atoms in total. The van der Waals surface area contributed by atoms with Crippen molar-refractivity contribution in [3.63, 3.8) is 0 Å². The van der Waals surface area contributed by atoms with Crippen LogP contribution in [0.4, 0.5) is 16.0 Å². The molecule has 0 bridgehead atoms. The highest BCUT2D eigenvalue weighted by Gasteiger charge is 2.47. The molecule has 184 valence electrons. The van der Waals surface area contributed by atoms with Crippen LogP contribution in [0.15, 0.2) is 57.4 Å².